The number of aromatic nitrogens is 2. The lowest BCUT2D eigenvalue weighted by atomic mass is 10.00. The second-order valence-corrected chi connectivity index (χ2v) is 6.47. The van der Waals surface area contributed by atoms with Crippen molar-refractivity contribution in [3.8, 4) is 0 Å². The van der Waals surface area contributed by atoms with Crippen molar-refractivity contribution in [1.29, 1.82) is 0 Å². The van der Waals surface area contributed by atoms with Crippen LogP contribution in [0.1, 0.15) is 19.8 Å². The number of nitrogens with zero attached hydrogens (tertiary/aromatic N) is 3. The summed E-state index contributed by atoms with van der Waals surface area (Å²) in [6.07, 6.45) is 5.50. The Balaban J connectivity index is 1.60. The number of hydrogen-bond acceptors (Lipinski definition) is 5. The summed E-state index contributed by atoms with van der Waals surface area (Å²) in [6, 6.07) is 1.89. The molecule has 2 fully saturated rings. The molecule has 0 saturated carbocycles. The summed E-state index contributed by atoms with van der Waals surface area (Å²) in [4.78, 5) is 25.1. The first kappa shape index (κ1) is 16.9. The standard InChI is InChI=1S/C16H24N4O4/c1-13(21)17-9-15(22)19-7-8-23-12-16(11-19)4-3-14(24-16)10-20-6-2-5-18-20/h2,5-6,14H,3-4,7-12H2,1H3,(H,17,21)/t14-,16-/m1/s1. The number of ether oxygens (including phenoxy) is 2. The molecular formula is C16H24N4O4. The first-order valence-electron chi connectivity index (χ1n) is 8.32. The molecule has 24 heavy (non-hydrogen) atoms. The zero-order valence-electron chi connectivity index (χ0n) is 13.9. The summed E-state index contributed by atoms with van der Waals surface area (Å²) >= 11 is 0. The van der Waals surface area contributed by atoms with Crippen molar-refractivity contribution in [3.63, 3.8) is 0 Å². The SMILES string of the molecule is CC(=O)NCC(=O)N1CCOC[C@@]2(CC[C@H](Cn3cccn3)O2)C1. The first-order chi connectivity index (χ1) is 11.6. The van der Waals surface area contributed by atoms with Gasteiger partial charge in [-0.1, -0.05) is 0 Å². The predicted molar refractivity (Wildman–Crippen MR) is 85.1 cm³/mol. The van der Waals surface area contributed by atoms with Gasteiger partial charge in [-0.2, -0.15) is 5.10 Å². The first-order valence-corrected chi connectivity index (χ1v) is 8.32. The molecule has 3 rings (SSSR count). The number of hydrogen-bond donors (Lipinski definition) is 1. The lowest BCUT2D eigenvalue weighted by Crippen LogP contribution is -2.49. The zero-order chi connectivity index (χ0) is 17.0. The minimum Gasteiger partial charge on any atom is -0.377 e. The van der Waals surface area contributed by atoms with Crippen LogP contribution in [0.3, 0.4) is 0 Å². The van der Waals surface area contributed by atoms with Gasteiger partial charge in [0.2, 0.25) is 11.8 Å². The van der Waals surface area contributed by atoms with E-state index in [-0.39, 0.29) is 24.5 Å². The Morgan fingerprint density at radius 3 is 3.08 bits per heavy atom. The monoisotopic (exact) mass is 336 g/mol. The summed E-state index contributed by atoms with van der Waals surface area (Å²) in [6.45, 7) is 4.12. The molecule has 8 nitrogen and oxygen atoms in total. The second kappa shape index (κ2) is 7.31. The second-order valence-electron chi connectivity index (χ2n) is 6.47. The summed E-state index contributed by atoms with van der Waals surface area (Å²) in [5, 5.41) is 6.77. The van der Waals surface area contributed by atoms with E-state index in [4.69, 9.17) is 9.47 Å². The third-order valence-corrected chi connectivity index (χ3v) is 4.48. The maximum Gasteiger partial charge on any atom is 0.242 e. The lowest BCUT2D eigenvalue weighted by molar-refractivity contribution is -0.137. The van der Waals surface area contributed by atoms with E-state index < -0.39 is 5.60 Å². The summed E-state index contributed by atoms with van der Waals surface area (Å²) in [5.74, 6) is -0.310. The zero-order valence-corrected chi connectivity index (χ0v) is 13.9. The average molecular weight is 336 g/mol. The number of amides is 2. The van der Waals surface area contributed by atoms with Crippen LogP contribution in [0.4, 0.5) is 0 Å². The molecule has 0 bridgehead atoms. The quantitative estimate of drug-likeness (QED) is 0.823. The van der Waals surface area contributed by atoms with Gasteiger partial charge < -0.3 is 19.7 Å². The van der Waals surface area contributed by atoms with Gasteiger partial charge in [-0.15, -0.1) is 0 Å². The highest BCUT2D eigenvalue weighted by Gasteiger charge is 2.44. The van der Waals surface area contributed by atoms with Gasteiger partial charge in [-0.25, -0.2) is 0 Å². The Kier molecular flexibility index (Phi) is 5.15. The molecule has 2 atom stereocenters. The van der Waals surface area contributed by atoms with Crippen molar-refractivity contribution >= 4 is 11.8 Å². The van der Waals surface area contributed by atoms with E-state index in [1.54, 1.807) is 11.1 Å². The molecule has 0 unspecified atom stereocenters. The van der Waals surface area contributed by atoms with Gasteiger partial charge >= 0.3 is 0 Å². The molecule has 1 N–H and O–H groups in total. The molecule has 0 aliphatic carbocycles. The van der Waals surface area contributed by atoms with E-state index in [0.29, 0.717) is 32.8 Å². The highest BCUT2D eigenvalue weighted by Crippen LogP contribution is 2.33. The average Bonchev–Trinajstić information content (AvgIpc) is 3.13. The van der Waals surface area contributed by atoms with Crippen LogP contribution in [0.15, 0.2) is 18.5 Å². The third-order valence-electron chi connectivity index (χ3n) is 4.48. The molecule has 1 aromatic heterocycles. The van der Waals surface area contributed by atoms with Crippen LogP contribution in [-0.4, -0.2) is 71.0 Å². The summed E-state index contributed by atoms with van der Waals surface area (Å²) in [5.41, 5.74) is -0.458. The fraction of sp³-hybridized carbons (Fsp3) is 0.688. The smallest absolute Gasteiger partial charge is 0.242 e. The van der Waals surface area contributed by atoms with Crippen molar-refractivity contribution in [2.45, 2.75) is 38.0 Å². The van der Waals surface area contributed by atoms with E-state index in [2.05, 4.69) is 10.4 Å². The predicted octanol–water partition coefficient (Wildman–Crippen LogP) is -0.204. The lowest BCUT2D eigenvalue weighted by Gasteiger charge is -2.32. The molecule has 2 saturated heterocycles. The van der Waals surface area contributed by atoms with Gasteiger partial charge in [0.1, 0.15) is 5.60 Å². The Labute approximate surface area is 141 Å². The Morgan fingerprint density at radius 2 is 2.33 bits per heavy atom. The van der Waals surface area contributed by atoms with Gasteiger partial charge in [-0.05, 0) is 18.9 Å². The number of carbonyl (C=O) groups is 2. The largest absolute Gasteiger partial charge is 0.377 e. The number of rotatable bonds is 4. The molecule has 0 radical (unpaired) electrons. The number of nitrogens with one attached hydrogen (secondary N) is 1. The van der Waals surface area contributed by atoms with Crippen LogP contribution in [0.25, 0.3) is 0 Å². The van der Waals surface area contributed by atoms with Crippen LogP contribution in [0.5, 0.6) is 0 Å². The maximum absolute atomic E-state index is 12.3. The normalized spacial score (nSPS) is 27.2. The molecule has 2 amide bonds. The van der Waals surface area contributed by atoms with Crippen LogP contribution >= 0.6 is 0 Å². The topological polar surface area (TPSA) is 85.7 Å². The summed E-state index contributed by atoms with van der Waals surface area (Å²) in [7, 11) is 0. The van der Waals surface area contributed by atoms with E-state index in [1.807, 2.05) is 16.9 Å². The van der Waals surface area contributed by atoms with Crippen LogP contribution in [0, 0.1) is 0 Å². The van der Waals surface area contributed by atoms with Gasteiger partial charge in [0.05, 0.1) is 39.0 Å². The number of carbonyl (C=O) groups excluding carboxylic acids is 2. The van der Waals surface area contributed by atoms with E-state index in [9.17, 15) is 9.59 Å². The van der Waals surface area contributed by atoms with Crippen molar-refractivity contribution in [2.75, 3.05) is 32.8 Å². The van der Waals surface area contributed by atoms with E-state index >= 15 is 0 Å². The molecule has 1 spiro atoms. The van der Waals surface area contributed by atoms with Gasteiger partial charge in [-0.3, -0.25) is 14.3 Å². The molecule has 132 valence electrons. The Hall–Kier alpha value is -1.93. The van der Waals surface area contributed by atoms with Gasteiger partial charge in [0.25, 0.3) is 0 Å². The van der Waals surface area contributed by atoms with Gasteiger partial charge in [0, 0.05) is 25.9 Å². The highest BCUT2D eigenvalue weighted by molar-refractivity contribution is 5.83. The maximum atomic E-state index is 12.3. The van der Waals surface area contributed by atoms with E-state index in [0.717, 1.165) is 12.8 Å². The third kappa shape index (κ3) is 4.12. The van der Waals surface area contributed by atoms with Crippen LogP contribution < -0.4 is 5.32 Å². The van der Waals surface area contributed by atoms with Crippen molar-refractivity contribution in [3.05, 3.63) is 18.5 Å². The molecular weight excluding hydrogens is 312 g/mol. The summed E-state index contributed by atoms with van der Waals surface area (Å²) < 4.78 is 13.8. The minimum absolute atomic E-state index is 0.0160. The molecule has 0 aromatic carbocycles. The van der Waals surface area contributed by atoms with Crippen LogP contribution in [-0.2, 0) is 25.6 Å². The fourth-order valence-electron chi connectivity index (χ4n) is 3.29. The Morgan fingerprint density at radius 1 is 1.46 bits per heavy atom. The molecule has 2 aliphatic rings. The molecule has 1 aromatic rings. The fourth-order valence-corrected chi connectivity index (χ4v) is 3.29. The molecule has 8 heteroatoms. The highest BCUT2D eigenvalue weighted by atomic mass is 16.6. The van der Waals surface area contributed by atoms with Crippen LogP contribution in [0.2, 0.25) is 0 Å². The van der Waals surface area contributed by atoms with Crippen molar-refractivity contribution < 1.29 is 19.1 Å². The molecule has 3 heterocycles. The minimum atomic E-state index is -0.458. The van der Waals surface area contributed by atoms with Gasteiger partial charge in [0.15, 0.2) is 0 Å². The molecule has 2 aliphatic heterocycles. The Bertz CT molecular complexity index is 577. The van der Waals surface area contributed by atoms with Crippen molar-refractivity contribution in [2.24, 2.45) is 0 Å². The van der Waals surface area contributed by atoms with Crippen molar-refractivity contribution in [1.82, 2.24) is 20.0 Å². The van der Waals surface area contributed by atoms with E-state index in [1.165, 1.54) is 6.92 Å².